The van der Waals surface area contributed by atoms with E-state index in [4.69, 9.17) is 48.4 Å². The van der Waals surface area contributed by atoms with Crippen LogP contribution in [0.3, 0.4) is 0 Å². The van der Waals surface area contributed by atoms with Gasteiger partial charge in [0.05, 0.1) is 39.1 Å². The zero-order valence-corrected chi connectivity index (χ0v) is 29.4. The number of rotatable bonds is 13. The van der Waals surface area contributed by atoms with E-state index in [-0.39, 0.29) is 0 Å². The number of aliphatic hydroxyl groups excluding tert-OH is 16. The summed E-state index contributed by atoms with van der Waals surface area (Å²) in [7, 11) is 0. The molecule has 328 valence electrons. The van der Waals surface area contributed by atoms with Crippen molar-refractivity contribution in [2.75, 3.05) is 33.0 Å². The third-order valence-electron chi connectivity index (χ3n) is 10.4. The molecule has 5 heterocycles. The van der Waals surface area contributed by atoms with E-state index in [1.54, 1.807) is 0 Å². The second kappa shape index (κ2) is 19.6. The van der Waals surface area contributed by atoms with Gasteiger partial charge in [0.1, 0.15) is 116 Å². The second-order valence-corrected chi connectivity index (χ2v) is 14.0. The third-order valence-corrected chi connectivity index (χ3v) is 10.4. The van der Waals surface area contributed by atoms with Crippen molar-refractivity contribution in [2.45, 2.75) is 153 Å². The molecule has 0 amide bonds. The topological polar surface area (TPSA) is 433 Å². The first kappa shape index (κ1) is 46.0. The van der Waals surface area contributed by atoms with Crippen molar-refractivity contribution < 1.29 is 124 Å². The van der Waals surface area contributed by atoms with E-state index < -0.39 is 187 Å². The Bertz CT molecular complexity index is 1200. The average molecular weight is 828 g/mol. The Morgan fingerprint density at radius 3 is 0.875 bits per heavy atom. The van der Waals surface area contributed by atoms with Crippen LogP contribution in [0.2, 0.25) is 0 Å². The highest BCUT2D eigenvalue weighted by Gasteiger charge is 2.56. The zero-order chi connectivity index (χ0) is 41.3. The Hall–Kier alpha value is -1.04. The minimum absolute atomic E-state index is 0.686. The Kier molecular flexibility index (Phi) is 16.1. The normalized spacial score (nSPS) is 53.2. The molecule has 0 aromatic carbocycles. The largest absolute Gasteiger partial charge is 0.394 e. The Balaban J connectivity index is 1.22. The molecule has 0 aromatic heterocycles. The van der Waals surface area contributed by atoms with Gasteiger partial charge in [-0.05, 0) is 0 Å². The molecule has 5 fully saturated rings. The number of hydrogen-bond acceptors (Lipinski definition) is 26. The predicted octanol–water partition coefficient (Wildman–Crippen LogP) is -12.0. The van der Waals surface area contributed by atoms with Gasteiger partial charge < -0.3 is 130 Å². The molecule has 5 aliphatic rings. The van der Waals surface area contributed by atoms with Crippen LogP contribution in [0.25, 0.3) is 0 Å². The predicted molar refractivity (Wildman–Crippen MR) is 168 cm³/mol. The van der Waals surface area contributed by atoms with Crippen molar-refractivity contribution >= 4 is 0 Å². The zero-order valence-electron chi connectivity index (χ0n) is 29.4. The maximum Gasteiger partial charge on any atom is 0.187 e. The summed E-state index contributed by atoms with van der Waals surface area (Å²) in [5.41, 5.74) is 5.74. The fraction of sp³-hybridized carbons (Fsp3) is 1.00. The molecular weight excluding hydrogens is 774 g/mol. The molecule has 25 atom stereocenters. The third kappa shape index (κ3) is 9.16. The van der Waals surface area contributed by atoms with Crippen LogP contribution in [0.15, 0.2) is 0 Å². The monoisotopic (exact) mass is 827 g/mol. The van der Waals surface area contributed by atoms with Gasteiger partial charge in [0.15, 0.2) is 31.5 Å². The number of hydrogen-bond donors (Lipinski definition) is 17. The van der Waals surface area contributed by atoms with Gasteiger partial charge in [-0.3, -0.25) is 0 Å². The Labute approximate surface area is 316 Å². The van der Waals surface area contributed by atoms with E-state index in [0.29, 0.717) is 0 Å². The number of aliphatic hydroxyl groups is 16. The van der Waals surface area contributed by atoms with Crippen LogP contribution < -0.4 is 5.73 Å². The minimum atomic E-state index is -2.11. The van der Waals surface area contributed by atoms with Crippen LogP contribution >= 0.6 is 0 Å². The van der Waals surface area contributed by atoms with Crippen LogP contribution in [-0.4, -0.2) is 268 Å². The van der Waals surface area contributed by atoms with E-state index in [9.17, 15) is 81.7 Å². The number of ether oxygens (including phenoxy) is 9. The van der Waals surface area contributed by atoms with E-state index in [1.165, 1.54) is 0 Å². The van der Waals surface area contributed by atoms with Crippen molar-refractivity contribution in [2.24, 2.45) is 5.73 Å². The summed E-state index contributed by atoms with van der Waals surface area (Å²) in [5.74, 6) is 0. The van der Waals surface area contributed by atoms with E-state index in [0.717, 1.165) is 0 Å². The SMILES string of the molecule is N[C@H]1C(CO)O[C@@H](O[C@H]2C(CO)O[C@@H](O[C@H]3C(CO)O[C@@H](O[C@H]4C(CO)O[C@@H](O[C@H]5C(CO)OC(O)C(O)[C@H]5O)C(O)[C@H]4O)C(O)[C@H]3O)C(O)[C@H]2O)C(O)[C@H]1O. The molecule has 5 aliphatic heterocycles. The lowest BCUT2D eigenvalue weighted by Crippen LogP contribution is -2.68. The molecule has 0 radical (unpaired) electrons. The quantitative estimate of drug-likeness (QED) is 0.0819. The van der Waals surface area contributed by atoms with Gasteiger partial charge in [0, 0.05) is 0 Å². The highest BCUT2D eigenvalue weighted by Crippen LogP contribution is 2.35. The molecule has 5 rings (SSSR count). The minimum Gasteiger partial charge on any atom is -0.394 e. The summed E-state index contributed by atoms with van der Waals surface area (Å²) in [6.07, 6.45) is -43.1. The van der Waals surface area contributed by atoms with Crippen molar-refractivity contribution in [1.82, 2.24) is 0 Å². The lowest BCUT2D eigenvalue weighted by atomic mass is 9.95. The summed E-state index contributed by atoms with van der Waals surface area (Å²) in [4.78, 5) is 0. The molecule has 18 N–H and O–H groups in total. The van der Waals surface area contributed by atoms with Crippen LogP contribution in [0.5, 0.6) is 0 Å². The van der Waals surface area contributed by atoms with Gasteiger partial charge >= 0.3 is 0 Å². The molecule has 0 saturated carbocycles. The lowest BCUT2D eigenvalue weighted by Gasteiger charge is -2.49. The van der Waals surface area contributed by atoms with Crippen LogP contribution in [-0.2, 0) is 42.6 Å². The Morgan fingerprint density at radius 1 is 0.321 bits per heavy atom. The molecule has 11 unspecified atom stereocenters. The maximum atomic E-state index is 11.1. The molecule has 0 bridgehead atoms. The van der Waals surface area contributed by atoms with Gasteiger partial charge in [-0.15, -0.1) is 0 Å². The molecule has 56 heavy (non-hydrogen) atoms. The van der Waals surface area contributed by atoms with Gasteiger partial charge in [0.2, 0.25) is 0 Å². The van der Waals surface area contributed by atoms with Crippen molar-refractivity contribution in [3.8, 4) is 0 Å². The van der Waals surface area contributed by atoms with Crippen molar-refractivity contribution in [1.29, 1.82) is 0 Å². The van der Waals surface area contributed by atoms with E-state index in [1.807, 2.05) is 0 Å². The maximum absolute atomic E-state index is 11.1. The fourth-order valence-corrected chi connectivity index (χ4v) is 7.08. The van der Waals surface area contributed by atoms with Gasteiger partial charge in [-0.2, -0.15) is 0 Å². The summed E-state index contributed by atoms with van der Waals surface area (Å²) in [6, 6.07) is -1.22. The lowest BCUT2D eigenvalue weighted by molar-refractivity contribution is -0.392. The summed E-state index contributed by atoms with van der Waals surface area (Å²) >= 11 is 0. The molecule has 26 nitrogen and oxygen atoms in total. The standard InChI is InChI=1S/C30H53NO25/c31-11-6(1-32)49-27(18(43)12(11)37)54-23-8(3-34)51-29(20(45)14(23)39)56-25-10(5-36)52-30(21(46)16(25)41)55-24-9(4-35)50-28(19(44)15(24)40)53-22-7(2-33)48-26(47)17(42)13(22)38/h6-30,32-47H,1-5,31H2/t6?,7?,8?,9?,10?,11-,12-,13+,14+,15+,16+,17?,18?,19?,20?,21?,22-,23-,24-,25-,26?,27-,28-,29-,30-/m0/s1. The second-order valence-electron chi connectivity index (χ2n) is 14.0. The van der Waals surface area contributed by atoms with Crippen molar-refractivity contribution in [3.05, 3.63) is 0 Å². The van der Waals surface area contributed by atoms with Crippen LogP contribution in [0.4, 0.5) is 0 Å². The molecular formula is C30H53NO25. The molecule has 0 aromatic rings. The Morgan fingerprint density at radius 2 is 0.571 bits per heavy atom. The van der Waals surface area contributed by atoms with Crippen molar-refractivity contribution in [3.63, 3.8) is 0 Å². The molecule has 0 aliphatic carbocycles. The first-order valence-corrected chi connectivity index (χ1v) is 17.7. The average Bonchev–Trinajstić information content (AvgIpc) is 3.19. The highest BCUT2D eigenvalue weighted by molar-refractivity contribution is 4.99. The first-order chi connectivity index (χ1) is 26.5. The summed E-state index contributed by atoms with van der Waals surface area (Å²) < 4.78 is 49.3. The summed E-state index contributed by atoms with van der Waals surface area (Å²) in [6.45, 7) is -4.34. The van der Waals surface area contributed by atoms with Crippen LogP contribution in [0, 0.1) is 0 Å². The number of nitrogens with two attached hydrogens (primary N) is 1. The van der Waals surface area contributed by atoms with Gasteiger partial charge in [0.25, 0.3) is 0 Å². The summed E-state index contributed by atoms with van der Waals surface area (Å²) in [5, 5.41) is 166. The van der Waals surface area contributed by atoms with Gasteiger partial charge in [-0.25, -0.2) is 0 Å². The van der Waals surface area contributed by atoms with E-state index in [2.05, 4.69) is 0 Å². The smallest absolute Gasteiger partial charge is 0.187 e. The molecule has 26 heteroatoms. The van der Waals surface area contributed by atoms with Crippen LogP contribution in [0.1, 0.15) is 0 Å². The van der Waals surface area contributed by atoms with Gasteiger partial charge in [-0.1, -0.05) is 0 Å². The fourth-order valence-electron chi connectivity index (χ4n) is 7.08. The first-order valence-electron chi connectivity index (χ1n) is 17.7. The molecule has 5 saturated heterocycles. The van der Waals surface area contributed by atoms with E-state index >= 15 is 0 Å². The molecule has 0 spiro atoms. The highest BCUT2D eigenvalue weighted by atomic mass is 16.8.